The van der Waals surface area contributed by atoms with Gasteiger partial charge in [0.1, 0.15) is 0 Å². The van der Waals surface area contributed by atoms with Gasteiger partial charge in [0.25, 0.3) is 0 Å². The van der Waals surface area contributed by atoms with E-state index >= 15 is 0 Å². The summed E-state index contributed by atoms with van der Waals surface area (Å²) in [6.45, 7) is 5.08. The summed E-state index contributed by atoms with van der Waals surface area (Å²) in [5.41, 5.74) is 1.24. The number of imidazole rings is 1. The normalized spacial score (nSPS) is 10.8. The second-order valence-corrected chi connectivity index (χ2v) is 5.15. The van der Waals surface area contributed by atoms with Crippen LogP contribution in [-0.4, -0.2) is 9.55 Å². The van der Waals surface area contributed by atoms with E-state index in [-0.39, 0.29) is 0 Å². The Morgan fingerprint density at radius 3 is 2.65 bits per heavy atom. The van der Waals surface area contributed by atoms with Crippen molar-refractivity contribution < 1.29 is 0 Å². The van der Waals surface area contributed by atoms with Gasteiger partial charge in [0.15, 0.2) is 0 Å². The molecule has 0 spiro atoms. The number of hydrogen-bond donors (Lipinski definition) is 1. The number of nitrogens with zero attached hydrogens (tertiary/aromatic N) is 2. The van der Waals surface area contributed by atoms with Gasteiger partial charge in [0.2, 0.25) is 5.95 Å². The Morgan fingerprint density at radius 1 is 1.29 bits per heavy atom. The topological polar surface area (TPSA) is 29.9 Å². The zero-order chi connectivity index (χ0) is 12.3. The van der Waals surface area contributed by atoms with Crippen LogP contribution in [-0.2, 0) is 6.54 Å². The van der Waals surface area contributed by atoms with Crippen molar-refractivity contribution in [1.29, 1.82) is 0 Å². The first-order valence-corrected chi connectivity index (χ1v) is 6.47. The van der Waals surface area contributed by atoms with E-state index in [2.05, 4.69) is 56.8 Å². The minimum atomic E-state index is 0.421. The summed E-state index contributed by atoms with van der Waals surface area (Å²) in [5, 5.41) is 3.35. The van der Waals surface area contributed by atoms with Crippen LogP contribution < -0.4 is 5.32 Å². The fourth-order valence-electron chi connectivity index (χ4n) is 1.65. The molecular formula is C13H16BrN3. The van der Waals surface area contributed by atoms with Crippen molar-refractivity contribution in [2.45, 2.75) is 26.4 Å². The van der Waals surface area contributed by atoms with Crippen LogP contribution in [0.4, 0.5) is 5.95 Å². The monoisotopic (exact) mass is 293 g/mol. The molecule has 90 valence electrons. The van der Waals surface area contributed by atoms with Crippen LogP contribution in [0, 0.1) is 0 Å². The second kappa shape index (κ2) is 5.36. The molecule has 1 N–H and O–H groups in total. The van der Waals surface area contributed by atoms with E-state index in [1.807, 2.05) is 24.5 Å². The number of hydrogen-bond acceptors (Lipinski definition) is 2. The van der Waals surface area contributed by atoms with E-state index in [0.717, 1.165) is 17.0 Å². The number of benzene rings is 1. The van der Waals surface area contributed by atoms with Crippen molar-refractivity contribution in [3.05, 3.63) is 46.7 Å². The van der Waals surface area contributed by atoms with Gasteiger partial charge in [-0.05, 0) is 31.5 Å². The Bertz CT molecular complexity index is 474. The number of anilines is 1. The zero-order valence-corrected chi connectivity index (χ0v) is 11.6. The fraction of sp³-hybridized carbons (Fsp3) is 0.308. The minimum Gasteiger partial charge on any atom is -0.352 e. The average Bonchev–Trinajstić information content (AvgIpc) is 2.76. The molecule has 0 fully saturated rings. The van der Waals surface area contributed by atoms with Crippen LogP contribution in [0.1, 0.15) is 25.5 Å². The molecule has 1 aromatic heterocycles. The van der Waals surface area contributed by atoms with Crippen LogP contribution in [0.3, 0.4) is 0 Å². The summed E-state index contributed by atoms with van der Waals surface area (Å²) in [7, 11) is 0. The molecule has 2 aromatic rings. The number of rotatable bonds is 4. The molecule has 0 aliphatic rings. The summed E-state index contributed by atoms with van der Waals surface area (Å²) in [4.78, 5) is 4.31. The summed E-state index contributed by atoms with van der Waals surface area (Å²) < 4.78 is 3.23. The van der Waals surface area contributed by atoms with E-state index in [1.165, 1.54) is 5.56 Å². The maximum atomic E-state index is 4.31. The fourth-order valence-corrected chi connectivity index (χ4v) is 1.91. The van der Waals surface area contributed by atoms with E-state index < -0.39 is 0 Å². The molecule has 0 amide bonds. The van der Waals surface area contributed by atoms with Crippen molar-refractivity contribution >= 4 is 21.9 Å². The standard InChI is InChI=1S/C13H16BrN3/c1-10(2)17-8-7-15-13(17)16-9-11-3-5-12(14)6-4-11/h3-8,10H,9H2,1-2H3,(H,15,16). The molecule has 1 aromatic carbocycles. The van der Waals surface area contributed by atoms with Crippen molar-refractivity contribution in [3.8, 4) is 0 Å². The largest absolute Gasteiger partial charge is 0.352 e. The lowest BCUT2D eigenvalue weighted by Crippen LogP contribution is -2.08. The quantitative estimate of drug-likeness (QED) is 0.928. The van der Waals surface area contributed by atoms with Gasteiger partial charge in [-0.2, -0.15) is 0 Å². The third-order valence-corrected chi connectivity index (χ3v) is 3.12. The number of nitrogens with one attached hydrogen (secondary N) is 1. The van der Waals surface area contributed by atoms with Gasteiger partial charge in [-0.15, -0.1) is 0 Å². The Morgan fingerprint density at radius 2 is 2.00 bits per heavy atom. The molecule has 0 aliphatic heterocycles. The molecule has 0 radical (unpaired) electrons. The first-order chi connectivity index (χ1) is 8.16. The predicted molar refractivity (Wildman–Crippen MR) is 74.1 cm³/mol. The van der Waals surface area contributed by atoms with Crippen LogP contribution in [0.5, 0.6) is 0 Å². The second-order valence-electron chi connectivity index (χ2n) is 4.23. The van der Waals surface area contributed by atoms with E-state index in [9.17, 15) is 0 Å². The first-order valence-electron chi connectivity index (χ1n) is 5.68. The average molecular weight is 294 g/mol. The minimum absolute atomic E-state index is 0.421. The highest BCUT2D eigenvalue weighted by atomic mass is 79.9. The molecular weight excluding hydrogens is 278 g/mol. The van der Waals surface area contributed by atoms with Crippen molar-refractivity contribution in [2.75, 3.05) is 5.32 Å². The molecule has 2 rings (SSSR count). The van der Waals surface area contributed by atoms with Gasteiger partial charge in [-0.25, -0.2) is 4.98 Å². The van der Waals surface area contributed by atoms with Crippen LogP contribution in [0.2, 0.25) is 0 Å². The molecule has 0 saturated carbocycles. The predicted octanol–water partition coefficient (Wildman–Crippen LogP) is 3.84. The Kier molecular flexibility index (Phi) is 3.84. The van der Waals surface area contributed by atoms with Gasteiger partial charge >= 0.3 is 0 Å². The zero-order valence-electron chi connectivity index (χ0n) is 10.0. The third kappa shape index (κ3) is 3.09. The van der Waals surface area contributed by atoms with Crippen LogP contribution in [0.25, 0.3) is 0 Å². The molecule has 3 nitrogen and oxygen atoms in total. The number of halogens is 1. The third-order valence-electron chi connectivity index (χ3n) is 2.59. The van der Waals surface area contributed by atoms with E-state index in [0.29, 0.717) is 6.04 Å². The first kappa shape index (κ1) is 12.2. The summed E-state index contributed by atoms with van der Waals surface area (Å²) in [6, 6.07) is 8.71. The lowest BCUT2D eigenvalue weighted by Gasteiger charge is -2.12. The highest BCUT2D eigenvalue weighted by molar-refractivity contribution is 9.10. The Hall–Kier alpha value is -1.29. The molecule has 0 unspecified atom stereocenters. The van der Waals surface area contributed by atoms with Crippen LogP contribution in [0.15, 0.2) is 41.1 Å². The Labute approximate surface area is 110 Å². The van der Waals surface area contributed by atoms with Gasteiger partial charge in [-0.3, -0.25) is 0 Å². The molecule has 0 saturated heterocycles. The lowest BCUT2D eigenvalue weighted by molar-refractivity contribution is 0.604. The molecule has 1 heterocycles. The van der Waals surface area contributed by atoms with Gasteiger partial charge < -0.3 is 9.88 Å². The van der Waals surface area contributed by atoms with Gasteiger partial charge in [-0.1, -0.05) is 28.1 Å². The maximum Gasteiger partial charge on any atom is 0.203 e. The smallest absolute Gasteiger partial charge is 0.203 e. The maximum absolute atomic E-state index is 4.31. The van der Waals surface area contributed by atoms with Crippen molar-refractivity contribution in [2.24, 2.45) is 0 Å². The SMILES string of the molecule is CC(C)n1ccnc1NCc1ccc(Br)cc1. The van der Waals surface area contributed by atoms with Crippen molar-refractivity contribution in [1.82, 2.24) is 9.55 Å². The highest BCUT2D eigenvalue weighted by Gasteiger charge is 2.04. The molecule has 17 heavy (non-hydrogen) atoms. The van der Waals surface area contributed by atoms with E-state index in [1.54, 1.807) is 0 Å². The molecule has 0 atom stereocenters. The van der Waals surface area contributed by atoms with Gasteiger partial charge in [0, 0.05) is 29.5 Å². The Balaban J connectivity index is 2.02. The lowest BCUT2D eigenvalue weighted by atomic mass is 10.2. The molecule has 0 bridgehead atoms. The summed E-state index contributed by atoms with van der Waals surface area (Å²) >= 11 is 3.43. The highest BCUT2D eigenvalue weighted by Crippen LogP contribution is 2.15. The van der Waals surface area contributed by atoms with Crippen molar-refractivity contribution in [3.63, 3.8) is 0 Å². The summed E-state index contributed by atoms with van der Waals surface area (Å²) in [5.74, 6) is 0.919. The molecule has 4 heteroatoms. The molecule has 0 aliphatic carbocycles. The summed E-state index contributed by atoms with van der Waals surface area (Å²) in [6.07, 6.45) is 3.82. The van der Waals surface area contributed by atoms with E-state index in [4.69, 9.17) is 0 Å². The van der Waals surface area contributed by atoms with Gasteiger partial charge in [0.05, 0.1) is 0 Å². The van der Waals surface area contributed by atoms with Crippen LogP contribution >= 0.6 is 15.9 Å². The number of aromatic nitrogens is 2.